The molecule has 2 aromatic heterocycles. The minimum atomic E-state index is -3.61. The summed E-state index contributed by atoms with van der Waals surface area (Å²) in [4.78, 5) is 13.3. The molecule has 0 bridgehead atoms. The second kappa shape index (κ2) is 12.4. The van der Waals surface area contributed by atoms with Gasteiger partial charge in [-0.15, -0.1) is 0 Å². The summed E-state index contributed by atoms with van der Waals surface area (Å²) in [6.45, 7) is 1.47. The molecule has 10 nitrogen and oxygen atoms in total. The number of piperidine rings is 1. The van der Waals surface area contributed by atoms with Crippen LogP contribution in [0.4, 0.5) is 27.5 Å². The van der Waals surface area contributed by atoms with Gasteiger partial charge >= 0.3 is 0 Å². The first-order chi connectivity index (χ1) is 19.4. The quantitative estimate of drug-likeness (QED) is 0.257. The lowest BCUT2D eigenvalue weighted by Crippen LogP contribution is -2.44. The van der Waals surface area contributed by atoms with E-state index in [0.717, 1.165) is 5.69 Å². The number of benzene rings is 2. The fraction of sp³-hybridized carbons (Fsp3) is 0.250. The Bertz CT molecular complexity index is 1530. The molecule has 0 radical (unpaired) electrons. The van der Waals surface area contributed by atoms with Crippen LogP contribution in [0.5, 0.6) is 5.88 Å². The van der Waals surface area contributed by atoms with Gasteiger partial charge in [0.25, 0.3) is 0 Å². The highest BCUT2D eigenvalue weighted by Crippen LogP contribution is 2.24. The summed E-state index contributed by atoms with van der Waals surface area (Å²) < 4.78 is 46.4. The Morgan fingerprint density at radius 2 is 1.62 bits per heavy atom. The number of hydrogen-bond donors (Lipinski definition) is 3. The number of methoxy groups -OCH3 is 1. The summed E-state index contributed by atoms with van der Waals surface area (Å²) in [6.07, 6.45) is 3.01. The maximum atomic E-state index is 13.3. The molecular weight excluding hydrogens is 533 g/mol. The first-order valence-corrected chi connectivity index (χ1v) is 14.3. The number of halogens is 1. The SMILES string of the molecule is COc1cccc(CNC2CCN(S(=O)(=O)c3ccc(Nc4nccc(Nc5ccc(F)cc5)n4)cc3)CC2)n1. The van der Waals surface area contributed by atoms with Gasteiger partial charge in [0.1, 0.15) is 11.6 Å². The molecule has 3 heterocycles. The van der Waals surface area contributed by atoms with E-state index in [1.807, 2.05) is 12.1 Å². The van der Waals surface area contributed by atoms with Crippen molar-refractivity contribution in [3.05, 3.63) is 90.5 Å². The number of nitrogens with one attached hydrogen (secondary N) is 3. The molecule has 1 aliphatic rings. The largest absolute Gasteiger partial charge is 0.481 e. The van der Waals surface area contributed by atoms with Crippen molar-refractivity contribution in [2.24, 2.45) is 0 Å². The van der Waals surface area contributed by atoms with Gasteiger partial charge < -0.3 is 20.7 Å². The predicted octanol–water partition coefficient (Wildman–Crippen LogP) is 4.45. The number of sulfonamides is 1. The number of ether oxygens (including phenoxy) is 1. The second-order valence-electron chi connectivity index (χ2n) is 9.28. The first-order valence-electron chi connectivity index (χ1n) is 12.9. The van der Waals surface area contributed by atoms with Gasteiger partial charge in [0, 0.05) is 49.3 Å². The Balaban J connectivity index is 1.15. The van der Waals surface area contributed by atoms with Crippen molar-refractivity contribution < 1.29 is 17.5 Å². The zero-order valence-corrected chi connectivity index (χ0v) is 22.7. The fourth-order valence-corrected chi connectivity index (χ4v) is 5.85. The van der Waals surface area contributed by atoms with Gasteiger partial charge in [-0.1, -0.05) is 6.07 Å². The Kier molecular flexibility index (Phi) is 8.48. The van der Waals surface area contributed by atoms with Gasteiger partial charge in [-0.25, -0.2) is 22.8 Å². The molecule has 4 aromatic rings. The van der Waals surface area contributed by atoms with E-state index in [2.05, 4.69) is 30.9 Å². The highest BCUT2D eigenvalue weighted by atomic mass is 32.2. The number of pyridine rings is 1. The zero-order valence-electron chi connectivity index (χ0n) is 21.9. The Morgan fingerprint density at radius 3 is 2.35 bits per heavy atom. The van der Waals surface area contributed by atoms with Crippen LogP contribution in [0.15, 0.2) is 83.9 Å². The predicted molar refractivity (Wildman–Crippen MR) is 151 cm³/mol. The highest BCUT2D eigenvalue weighted by molar-refractivity contribution is 7.89. The summed E-state index contributed by atoms with van der Waals surface area (Å²) >= 11 is 0. The van der Waals surface area contributed by atoms with Crippen molar-refractivity contribution in [1.29, 1.82) is 0 Å². The maximum absolute atomic E-state index is 13.3. The average molecular weight is 564 g/mol. The van der Waals surface area contributed by atoms with Gasteiger partial charge in [0.05, 0.1) is 17.7 Å². The monoisotopic (exact) mass is 563 g/mol. The van der Waals surface area contributed by atoms with Crippen LogP contribution in [-0.2, 0) is 16.6 Å². The van der Waals surface area contributed by atoms with Crippen LogP contribution in [-0.4, -0.2) is 53.9 Å². The van der Waals surface area contributed by atoms with Crippen molar-refractivity contribution >= 4 is 33.2 Å². The van der Waals surface area contributed by atoms with Crippen LogP contribution < -0.4 is 20.7 Å². The molecule has 3 N–H and O–H groups in total. The third-order valence-corrected chi connectivity index (χ3v) is 8.45. The van der Waals surface area contributed by atoms with E-state index in [0.29, 0.717) is 61.5 Å². The smallest absolute Gasteiger partial charge is 0.243 e. The molecule has 0 unspecified atom stereocenters. The number of rotatable bonds is 10. The molecule has 0 amide bonds. The molecule has 5 rings (SSSR count). The van der Waals surface area contributed by atoms with Gasteiger partial charge in [-0.2, -0.15) is 9.29 Å². The van der Waals surface area contributed by atoms with Crippen molar-refractivity contribution in [3.63, 3.8) is 0 Å². The van der Waals surface area contributed by atoms with E-state index in [9.17, 15) is 12.8 Å². The normalized spacial score (nSPS) is 14.6. The number of anilines is 4. The number of aromatic nitrogens is 3. The van der Waals surface area contributed by atoms with Crippen LogP contribution in [0.3, 0.4) is 0 Å². The van der Waals surface area contributed by atoms with Crippen molar-refractivity contribution in [2.45, 2.75) is 30.3 Å². The third kappa shape index (κ3) is 6.89. The molecular formula is C28H30FN7O3S. The average Bonchev–Trinajstić information content (AvgIpc) is 2.98. The summed E-state index contributed by atoms with van der Waals surface area (Å²) in [5, 5.41) is 9.65. The summed E-state index contributed by atoms with van der Waals surface area (Å²) in [6, 6.07) is 20.0. The van der Waals surface area contributed by atoms with Gasteiger partial charge in [0.2, 0.25) is 21.9 Å². The van der Waals surface area contributed by atoms with Crippen molar-refractivity contribution in [1.82, 2.24) is 24.6 Å². The lowest BCUT2D eigenvalue weighted by atomic mass is 10.1. The van der Waals surface area contributed by atoms with Gasteiger partial charge in [-0.3, -0.25) is 0 Å². The summed E-state index contributed by atoms with van der Waals surface area (Å²) in [5.74, 6) is 1.12. The molecule has 1 fully saturated rings. The molecule has 12 heteroatoms. The first kappa shape index (κ1) is 27.4. The molecule has 208 valence electrons. The van der Waals surface area contributed by atoms with Crippen LogP contribution in [0.25, 0.3) is 0 Å². The molecule has 2 aromatic carbocycles. The standard InChI is InChI=1S/C28H30FN7O3S/c1-39-27-4-2-3-24(33-27)19-31-21-14-17-36(18-15-21)40(37,38)25-11-9-23(10-12-25)34-28-30-16-13-26(35-28)32-22-7-5-20(29)6-8-22/h2-13,16,21,31H,14-15,17-19H2,1H3,(H2,30,32,34,35). The number of nitrogens with zero attached hydrogens (tertiary/aromatic N) is 4. The number of hydrogen-bond acceptors (Lipinski definition) is 9. The second-order valence-corrected chi connectivity index (χ2v) is 11.2. The van der Waals surface area contributed by atoms with E-state index in [1.165, 1.54) is 16.4 Å². The van der Waals surface area contributed by atoms with Crippen LogP contribution >= 0.6 is 0 Å². The Hall–Kier alpha value is -4.13. The van der Waals surface area contributed by atoms with Crippen LogP contribution in [0.2, 0.25) is 0 Å². The van der Waals surface area contributed by atoms with E-state index < -0.39 is 10.0 Å². The summed E-state index contributed by atoms with van der Waals surface area (Å²) in [7, 11) is -2.03. The van der Waals surface area contributed by atoms with Crippen molar-refractivity contribution in [3.8, 4) is 5.88 Å². The summed E-state index contributed by atoms with van der Waals surface area (Å²) in [5.41, 5.74) is 2.21. The minimum absolute atomic E-state index is 0.208. The van der Waals surface area contributed by atoms with E-state index >= 15 is 0 Å². The molecule has 0 atom stereocenters. The lowest BCUT2D eigenvalue weighted by molar-refractivity contribution is 0.287. The molecule has 0 saturated carbocycles. The van der Waals surface area contributed by atoms with Crippen LogP contribution in [0, 0.1) is 5.82 Å². The lowest BCUT2D eigenvalue weighted by Gasteiger charge is -2.31. The van der Waals surface area contributed by atoms with E-state index in [4.69, 9.17) is 4.74 Å². The molecule has 0 spiro atoms. The minimum Gasteiger partial charge on any atom is -0.481 e. The Morgan fingerprint density at radius 1 is 0.925 bits per heavy atom. The molecule has 1 aliphatic heterocycles. The van der Waals surface area contributed by atoms with E-state index in [-0.39, 0.29) is 16.8 Å². The highest BCUT2D eigenvalue weighted by Gasteiger charge is 2.29. The molecule has 1 saturated heterocycles. The molecule has 40 heavy (non-hydrogen) atoms. The third-order valence-electron chi connectivity index (χ3n) is 6.54. The van der Waals surface area contributed by atoms with E-state index in [1.54, 1.807) is 61.8 Å². The molecule has 0 aliphatic carbocycles. The topological polar surface area (TPSA) is 121 Å². The van der Waals surface area contributed by atoms with Crippen molar-refractivity contribution in [2.75, 3.05) is 30.8 Å². The fourth-order valence-electron chi connectivity index (χ4n) is 4.38. The van der Waals surface area contributed by atoms with Gasteiger partial charge in [-0.05, 0) is 73.5 Å². The van der Waals surface area contributed by atoms with Crippen LogP contribution in [0.1, 0.15) is 18.5 Å². The Labute approximate surface area is 232 Å². The van der Waals surface area contributed by atoms with Gasteiger partial charge in [0.15, 0.2) is 0 Å². The maximum Gasteiger partial charge on any atom is 0.243 e. The zero-order chi connectivity index (χ0) is 28.0.